The van der Waals surface area contributed by atoms with Crippen molar-refractivity contribution in [3.63, 3.8) is 0 Å². The summed E-state index contributed by atoms with van der Waals surface area (Å²) in [6, 6.07) is 2.81. The fourth-order valence-corrected chi connectivity index (χ4v) is 1.30. The molecule has 0 unspecified atom stereocenters. The van der Waals surface area contributed by atoms with E-state index in [1.165, 1.54) is 12.1 Å². The highest BCUT2D eigenvalue weighted by Crippen LogP contribution is 2.26. The summed E-state index contributed by atoms with van der Waals surface area (Å²) < 4.78 is 5.15. The summed E-state index contributed by atoms with van der Waals surface area (Å²) in [5, 5.41) is 10.6. The summed E-state index contributed by atoms with van der Waals surface area (Å²) >= 11 is 3.01. The zero-order valence-electron chi connectivity index (χ0n) is 8.47. The van der Waals surface area contributed by atoms with Gasteiger partial charge >= 0.3 is 11.8 Å². The second-order valence-electron chi connectivity index (χ2n) is 2.94. The molecule has 0 fully saturated rings. The Morgan fingerprint density at radius 2 is 2.31 bits per heavy atom. The van der Waals surface area contributed by atoms with E-state index in [9.17, 15) is 14.9 Å². The van der Waals surface area contributed by atoms with Crippen molar-refractivity contribution in [3.8, 4) is 5.75 Å². The molecule has 0 aliphatic heterocycles. The van der Waals surface area contributed by atoms with E-state index in [0.29, 0.717) is 11.0 Å². The summed E-state index contributed by atoms with van der Waals surface area (Å²) in [6.07, 6.45) is 0.837. The second-order valence-corrected chi connectivity index (χ2v) is 3.75. The number of nitro groups is 1. The van der Waals surface area contributed by atoms with Gasteiger partial charge in [-0.2, -0.15) is 0 Å². The average Bonchev–Trinajstić information content (AvgIpc) is 2.20. The maximum atomic E-state index is 11.2. The molecule has 6 nitrogen and oxygen atoms in total. The summed E-state index contributed by atoms with van der Waals surface area (Å²) in [4.78, 5) is 24.8. The molecular weight excluding hydrogens is 280 g/mol. The third kappa shape index (κ3) is 3.27. The Bertz CT molecular complexity index is 422. The van der Waals surface area contributed by atoms with E-state index in [-0.39, 0.29) is 12.2 Å². The van der Waals surface area contributed by atoms with Crippen molar-refractivity contribution in [2.75, 3.05) is 0 Å². The molecule has 0 aromatic carbocycles. The normalized spacial score (nSPS) is 9.88. The average molecular weight is 289 g/mol. The zero-order chi connectivity index (χ0) is 12.1. The lowest BCUT2D eigenvalue weighted by molar-refractivity contribution is -0.390. The number of esters is 1. The Hall–Kier alpha value is -1.50. The highest BCUT2D eigenvalue weighted by molar-refractivity contribution is 9.10. The monoisotopic (exact) mass is 288 g/mol. The number of hydrogen-bond donors (Lipinski definition) is 0. The molecule has 7 heteroatoms. The van der Waals surface area contributed by atoms with Crippen LogP contribution in [-0.4, -0.2) is 15.9 Å². The van der Waals surface area contributed by atoms with Crippen molar-refractivity contribution in [3.05, 3.63) is 26.9 Å². The van der Waals surface area contributed by atoms with Gasteiger partial charge in [-0.3, -0.25) is 4.79 Å². The zero-order valence-corrected chi connectivity index (χ0v) is 10.1. The van der Waals surface area contributed by atoms with Gasteiger partial charge in [0, 0.05) is 28.4 Å². The molecule has 0 N–H and O–H groups in total. The first kappa shape index (κ1) is 12.6. The van der Waals surface area contributed by atoms with Gasteiger partial charge in [-0.25, -0.2) is 0 Å². The fraction of sp³-hybridized carbons (Fsp3) is 0.333. The Labute approximate surface area is 99.9 Å². The van der Waals surface area contributed by atoms with E-state index in [2.05, 4.69) is 20.9 Å². The Kier molecular flexibility index (Phi) is 4.36. The lowest BCUT2D eigenvalue weighted by Crippen LogP contribution is -2.09. The summed E-state index contributed by atoms with van der Waals surface area (Å²) in [5.41, 5.74) is 0. The third-order valence-electron chi connectivity index (χ3n) is 1.66. The van der Waals surface area contributed by atoms with Crippen molar-refractivity contribution in [1.82, 2.24) is 4.98 Å². The van der Waals surface area contributed by atoms with Crippen molar-refractivity contribution >= 4 is 27.7 Å². The molecule has 86 valence electrons. The van der Waals surface area contributed by atoms with Crippen molar-refractivity contribution in [2.24, 2.45) is 0 Å². The summed E-state index contributed by atoms with van der Waals surface area (Å²) in [6.45, 7) is 1.81. The third-order valence-corrected chi connectivity index (χ3v) is 2.10. The number of hydrogen-bond acceptors (Lipinski definition) is 5. The minimum Gasteiger partial charge on any atom is -0.417 e. The lowest BCUT2D eigenvalue weighted by atomic mass is 10.3. The van der Waals surface area contributed by atoms with Crippen LogP contribution >= 0.6 is 15.9 Å². The molecule has 0 aliphatic carbocycles. The number of rotatable bonds is 4. The van der Waals surface area contributed by atoms with Crippen LogP contribution in [0.4, 0.5) is 5.82 Å². The standard InChI is InChI=1S/C9H9BrN2O4/c1-2-3-8(13)16-6-4-5-7(10)11-9(6)12(14)15/h4-5H,2-3H2,1H3. The van der Waals surface area contributed by atoms with Crippen molar-refractivity contribution in [2.45, 2.75) is 19.8 Å². The molecule has 0 radical (unpaired) electrons. The molecule has 0 aliphatic rings. The SMILES string of the molecule is CCCC(=O)Oc1ccc(Br)nc1[N+](=O)[O-]. The molecular formula is C9H9BrN2O4. The molecule has 1 aromatic rings. The number of carbonyl (C=O) groups is 1. The van der Waals surface area contributed by atoms with E-state index in [1.54, 1.807) is 0 Å². The first-order chi connectivity index (χ1) is 7.54. The first-order valence-electron chi connectivity index (χ1n) is 4.56. The summed E-state index contributed by atoms with van der Waals surface area (Å²) in [7, 11) is 0. The Morgan fingerprint density at radius 1 is 1.62 bits per heavy atom. The Balaban J connectivity index is 2.95. The van der Waals surface area contributed by atoms with Crippen LogP contribution in [-0.2, 0) is 4.79 Å². The molecule has 1 aromatic heterocycles. The smallest absolute Gasteiger partial charge is 0.408 e. The Morgan fingerprint density at radius 3 is 2.88 bits per heavy atom. The molecule has 0 atom stereocenters. The van der Waals surface area contributed by atoms with Gasteiger partial charge in [0.25, 0.3) is 0 Å². The van der Waals surface area contributed by atoms with Crippen LogP contribution in [0.2, 0.25) is 0 Å². The van der Waals surface area contributed by atoms with Crippen molar-refractivity contribution < 1.29 is 14.5 Å². The van der Waals surface area contributed by atoms with E-state index < -0.39 is 16.7 Å². The number of ether oxygens (including phenoxy) is 1. The number of halogens is 1. The molecule has 0 bridgehead atoms. The lowest BCUT2D eigenvalue weighted by Gasteiger charge is -2.03. The number of carbonyl (C=O) groups excluding carboxylic acids is 1. The fourth-order valence-electron chi connectivity index (χ4n) is 1.00. The minimum atomic E-state index is -0.695. The molecule has 16 heavy (non-hydrogen) atoms. The topological polar surface area (TPSA) is 82.3 Å². The van der Waals surface area contributed by atoms with Crippen LogP contribution in [0.5, 0.6) is 5.75 Å². The van der Waals surface area contributed by atoms with Gasteiger partial charge in [0.15, 0.2) is 0 Å². The van der Waals surface area contributed by atoms with E-state index >= 15 is 0 Å². The number of aromatic nitrogens is 1. The van der Waals surface area contributed by atoms with Crippen LogP contribution in [0.3, 0.4) is 0 Å². The van der Waals surface area contributed by atoms with Gasteiger partial charge < -0.3 is 14.9 Å². The van der Waals surface area contributed by atoms with Gasteiger partial charge in [-0.1, -0.05) is 6.92 Å². The largest absolute Gasteiger partial charge is 0.417 e. The molecule has 1 rings (SSSR count). The molecule has 0 saturated carbocycles. The van der Waals surface area contributed by atoms with E-state index in [4.69, 9.17) is 4.74 Å². The van der Waals surface area contributed by atoms with E-state index in [1.807, 2.05) is 6.92 Å². The number of nitrogens with zero attached hydrogens (tertiary/aromatic N) is 2. The van der Waals surface area contributed by atoms with Crippen LogP contribution in [0, 0.1) is 10.1 Å². The second kappa shape index (κ2) is 5.55. The predicted molar refractivity (Wildman–Crippen MR) is 59.1 cm³/mol. The maximum Gasteiger partial charge on any atom is 0.408 e. The van der Waals surface area contributed by atoms with Crippen molar-refractivity contribution in [1.29, 1.82) is 0 Å². The predicted octanol–water partition coefficient (Wildman–Crippen LogP) is 2.46. The van der Waals surface area contributed by atoms with Gasteiger partial charge in [-0.05, 0) is 22.4 Å². The maximum absolute atomic E-state index is 11.2. The van der Waals surface area contributed by atoms with Gasteiger partial charge in [-0.15, -0.1) is 0 Å². The molecule has 0 amide bonds. The van der Waals surface area contributed by atoms with Gasteiger partial charge in [0.1, 0.15) is 0 Å². The van der Waals surface area contributed by atoms with Gasteiger partial charge in [0.2, 0.25) is 10.4 Å². The highest BCUT2D eigenvalue weighted by atomic mass is 79.9. The van der Waals surface area contributed by atoms with Crippen LogP contribution in [0.1, 0.15) is 19.8 Å². The minimum absolute atomic E-state index is 0.133. The van der Waals surface area contributed by atoms with Gasteiger partial charge in [0.05, 0.1) is 0 Å². The molecule has 1 heterocycles. The van der Waals surface area contributed by atoms with Crippen LogP contribution in [0.25, 0.3) is 0 Å². The van der Waals surface area contributed by atoms with E-state index in [0.717, 1.165) is 0 Å². The van der Waals surface area contributed by atoms with Crippen LogP contribution < -0.4 is 4.74 Å². The highest BCUT2D eigenvalue weighted by Gasteiger charge is 2.20. The number of pyridine rings is 1. The molecule has 0 saturated heterocycles. The first-order valence-corrected chi connectivity index (χ1v) is 5.35. The molecule has 0 spiro atoms. The quantitative estimate of drug-likeness (QED) is 0.368. The summed E-state index contributed by atoms with van der Waals surface area (Å²) in [5.74, 6) is -1.11. The van der Waals surface area contributed by atoms with Crippen LogP contribution in [0.15, 0.2) is 16.7 Å².